The number of nitrogens with one attached hydrogen (secondary N) is 1. The molecule has 0 bridgehead atoms. The first kappa shape index (κ1) is 14.7. The van der Waals surface area contributed by atoms with Crippen LogP contribution in [0.25, 0.3) is 11.0 Å². The Morgan fingerprint density at radius 1 is 1.35 bits per heavy atom. The molecule has 5 nitrogen and oxygen atoms in total. The van der Waals surface area contributed by atoms with Crippen LogP contribution in [0.1, 0.15) is 19.8 Å². The van der Waals surface area contributed by atoms with E-state index < -0.39 is 0 Å². The molecule has 0 aliphatic carbocycles. The molecule has 0 aliphatic heterocycles. The lowest BCUT2D eigenvalue weighted by Crippen LogP contribution is -2.16. The zero-order valence-corrected chi connectivity index (χ0v) is 12.1. The van der Waals surface area contributed by atoms with Gasteiger partial charge in [0.05, 0.1) is 17.1 Å². The van der Waals surface area contributed by atoms with Crippen LogP contribution in [-0.2, 0) is 9.53 Å². The number of methoxy groups -OCH3 is 1. The van der Waals surface area contributed by atoms with Crippen molar-refractivity contribution in [3.8, 4) is 0 Å². The maximum atomic E-state index is 11.8. The van der Waals surface area contributed by atoms with E-state index >= 15 is 0 Å². The molecule has 0 radical (unpaired) electrons. The smallest absolute Gasteiger partial charge is 0.225 e. The molecule has 1 aromatic carbocycles. The zero-order valence-electron chi connectivity index (χ0n) is 11.4. The number of rotatable bonds is 5. The van der Waals surface area contributed by atoms with Gasteiger partial charge in [-0.1, -0.05) is 23.7 Å². The molecule has 0 saturated carbocycles. The molecule has 1 unspecified atom stereocenters. The summed E-state index contributed by atoms with van der Waals surface area (Å²) in [6.45, 7) is 1.91. The van der Waals surface area contributed by atoms with E-state index in [1.54, 1.807) is 7.11 Å². The fourth-order valence-corrected chi connectivity index (χ4v) is 1.89. The summed E-state index contributed by atoms with van der Waals surface area (Å²) in [6, 6.07) is 7.36. The van der Waals surface area contributed by atoms with Gasteiger partial charge >= 0.3 is 0 Å². The highest BCUT2D eigenvalue weighted by atomic mass is 35.5. The molecule has 0 spiro atoms. The number of hydrogen-bond donors (Lipinski definition) is 1. The highest BCUT2D eigenvalue weighted by Gasteiger charge is 2.11. The Bertz CT molecular complexity index is 618. The SMILES string of the molecule is COC(C)CCC(=O)Nc1nc2ccccc2nc1Cl. The molecule has 106 valence electrons. The number of nitrogens with zero attached hydrogens (tertiary/aromatic N) is 2. The number of carbonyl (C=O) groups excluding carboxylic acids is 1. The minimum absolute atomic E-state index is 0.0407. The van der Waals surface area contributed by atoms with Crippen molar-refractivity contribution in [1.82, 2.24) is 9.97 Å². The van der Waals surface area contributed by atoms with Crippen molar-refractivity contribution in [2.45, 2.75) is 25.9 Å². The van der Waals surface area contributed by atoms with Gasteiger partial charge in [0.1, 0.15) is 0 Å². The lowest BCUT2D eigenvalue weighted by molar-refractivity contribution is -0.116. The summed E-state index contributed by atoms with van der Waals surface area (Å²) in [5, 5.41) is 2.87. The Hall–Kier alpha value is -1.72. The Morgan fingerprint density at radius 2 is 2.00 bits per heavy atom. The number of aromatic nitrogens is 2. The van der Waals surface area contributed by atoms with Gasteiger partial charge in [-0.25, -0.2) is 9.97 Å². The molecule has 20 heavy (non-hydrogen) atoms. The third-order valence-electron chi connectivity index (χ3n) is 2.97. The number of anilines is 1. The number of para-hydroxylation sites is 2. The van der Waals surface area contributed by atoms with Gasteiger partial charge in [0, 0.05) is 13.5 Å². The highest BCUT2D eigenvalue weighted by Crippen LogP contribution is 2.21. The number of benzene rings is 1. The molecule has 1 aromatic heterocycles. The van der Waals surface area contributed by atoms with Crippen molar-refractivity contribution in [3.05, 3.63) is 29.4 Å². The van der Waals surface area contributed by atoms with Gasteiger partial charge in [-0.05, 0) is 25.5 Å². The second-order valence-electron chi connectivity index (χ2n) is 4.48. The van der Waals surface area contributed by atoms with E-state index in [9.17, 15) is 4.79 Å². The molecule has 0 fully saturated rings. The first-order chi connectivity index (χ1) is 9.60. The van der Waals surface area contributed by atoms with Crippen LogP contribution < -0.4 is 5.32 Å². The summed E-state index contributed by atoms with van der Waals surface area (Å²) >= 11 is 6.02. The van der Waals surface area contributed by atoms with Crippen molar-refractivity contribution >= 4 is 34.4 Å². The molecule has 1 amide bonds. The van der Waals surface area contributed by atoms with E-state index in [1.807, 2.05) is 31.2 Å². The van der Waals surface area contributed by atoms with E-state index in [-0.39, 0.29) is 17.2 Å². The molecular weight excluding hydrogens is 278 g/mol. The second kappa shape index (κ2) is 6.63. The molecule has 1 atom stereocenters. The average molecular weight is 294 g/mol. The molecule has 1 heterocycles. The summed E-state index contributed by atoms with van der Waals surface area (Å²) in [7, 11) is 1.62. The van der Waals surface area contributed by atoms with Crippen LogP contribution in [0, 0.1) is 0 Å². The number of ether oxygens (including phenoxy) is 1. The summed E-state index contributed by atoms with van der Waals surface area (Å²) in [5.41, 5.74) is 1.39. The zero-order chi connectivity index (χ0) is 14.5. The topological polar surface area (TPSA) is 64.1 Å². The molecule has 0 saturated heterocycles. The normalized spacial score (nSPS) is 12.3. The molecular formula is C14H16ClN3O2. The van der Waals surface area contributed by atoms with Gasteiger partial charge in [0.25, 0.3) is 0 Å². The van der Waals surface area contributed by atoms with Gasteiger partial charge in [0.15, 0.2) is 11.0 Å². The van der Waals surface area contributed by atoms with Gasteiger partial charge in [0.2, 0.25) is 5.91 Å². The highest BCUT2D eigenvalue weighted by molar-refractivity contribution is 6.32. The summed E-state index contributed by atoms with van der Waals surface area (Å²) < 4.78 is 5.10. The number of carbonyl (C=O) groups is 1. The predicted octanol–water partition coefficient (Wildman–Crippen LogP) is 3.04. The number of amides is 1. The van der Waals surface area contributed by atoms with Gasteiger partial charge < -0.3 is 10.1 Å². The van der Waals surface area contributed by atoms with Crippen LogP contribution in [0.2, 0.25) is 5.15 Å². The minimum Gasteiger partial charge on any atom is -0.382 e. The van der Waals surface area contributed by atoms with Crippen molar-refractivity contribution in [3.63, 3.8) is 0 Å². The fourth-order valence-electron chi connectivity index (χ4n) is 1.70. The minimum atomic E-state index is -0.152. The first-order valence-electron chi connectivity index (χ1n) is 6.35. The van der Waals surface area contributed by atoms with Crippen LogP contribution in [0.15, 0.2) is 24.3 Å². The second-order valence-corrected chi connectivity index (χ2v) is 4.84. The van der Waals surface area contributed by atoms with E-state index in [0.717, 1.165) is 0 Å². The third-order valence-corrected chi connectivity index (χ3v) is 3.23. The number of fused-ring (bicyclic) bond motifs is 1. The van der Waals surface area contributed by atoms with Gasteiger partial charge in [-0.3, -0.25) is 4.79 Å². The van der Waals surface area contributed by atoms with Crippen molar-refractivity contribution < 1.29 is 9.53 Å². The molecule has 2 rings (SSSR count). The summed E-state index contributed by atoms with van der Waals surface area (Å²) in [4.78, 5) is 20.3. The van der Waals surface area contributed by atoms with Crippen LogP contribution in [0.4, 0.5) is 5.82 Å². The quantitative estimate of drug-likeness (QED) is 0.920. The first-order valence-corrected chi connectivity index (χ1v) is 6.73. The Morgan fingerprint density at radius 3 is 2.65 bits per heavy atom. The predicted molar refractivity (Wildman–Crippen MR) is 78.9 cm³/mol. The fraction of sp³-hybridized carbons (Fsp3) is 0.357. The average Bonchev–Trinajstić information content (AvgIpc) is 2.45. The molecule has 6 heteroatoms. The van der Waals surface area contributed by atoms with Crippen LogP contribution in [0.3, 0.4) is 0 Å². The Labute approximate surface area is 122 Å². The lowest BCUT2D eigenvalue weighted by Gasteiger charge is -2.10. The standard InChI is InChI=1S/C14H16ClN3O2/c1-9(20-2)7-8-12(19)18-14-13(15)16-10-5-3-4-6-11(10)17-14/h3-6,9H,7-8H2,1-2H3,(H,17,18,19). The third kappa shape index (κ3) is 3.65. The van der Waals surface area contributed by atoms with Crippen LogP contribution >= 0.6 is 11.6 Å². The van der Waals surface area contributed by atoms with Gasteiger partial charge in [-0.15, -0.1) is 0 Å². The maximum absolute atomic E-state index is 11.8. The van der Waals surface area contributed by atoms with Crippen molar-refractivity contribution in [2.24, 2.45) is 0 Å². The van der Waals surface area contributed by atoms with Crippen molar-refractivity contribution in [2.75, 3.05) is 12.4 Å². The lowest BCUT2D eigenvalue weighted by atomic mass is 10.2. The maximum Gasteiger partial charge on any atom is 0.225 e. The Kier molecular flexibility index (Phi) is 4.87. The van der Waals surface area contributed by atoms with Gasteiger partial charge in [-0.2, -0.15) is 0 Å². The monoisotopic (exact) mass is 293 g/mol. The summed E-state index contributed by atoms with van der Waals surface area (Å²) in [5.74, 6) is 0.140. The van der Waals surface area contributed by atoms with Crippen LogP contribution in [0.5, 0.6) is 0 Å². The molecule has 0 aliphatic rings. The van der Waals surface area contributed by atoms with E-state index in [2.05, 4.69) is 15.3 Å². The van der Waals surface area contributed by atoms with E-state index in [4.69, 9.17) is 16.3 Å². The van der Waals surface area contributed by atoms with E-state index in [0.29, 0.717) is 29.7 Å². The largest absolute Gasteiger partial charge is 0.382 e. The number of halogens is 1. The molecule has 2 aromatic rings. The Balaban J connectivity index is 2.09. The van der Waals surface area contributed by atoms with Crippen LogP contribution in [-0.4, -0.2) is 29.1 Å². The van der Waals surface area contributed by atoms with E-state index in [1.165, 1.54) is 0 Å². The summed E-state index contributed by atoms with van der Waals surface area (Å²) in [6.07, 6.45) is 1.03. The van der Waals surface area contributed by atoms with Crippen molar-refractivity contribution in [1.29, 1.82) is 0 Å². The number of hydrogen-bond acceptors (Lipinski definition) is 4. The molecule has 1 N–H and O–H groups in total.